The summed E-state index contributed by atoms with van der Waals surface area (Å²) in [7, 11) is -1.89. The third kappa shape index (κ3) is 6.20. The molecule has 2 aromatic heterocycles. The summed E-state index contributed by atoms with van der Waals surface area (Å²) < 4.78 is 14.3. The molecule has 0 fully saturated rings. The standard InChI is InChI=1S/C25H33Cl3N4O2Si/c1-9-32-22(20(27)13-29-32)21-16(3)23(28)31-24(30-21)18-12-17(10-11-19(18)26)33-14-15(2)34-35(7,8)25(4,5)6/h10-13,15H,9,14H2,1-8H3/t15-/m1/s1. The maximum absolute atomic E-state index is 6.55. The molecule has 0 aliphatic carbocycles. The van der Waals surface area contributed by atoms with E-state index in [0.29, 0.717) is 62.4 Å². The molecule has 6 nitrogen and oxygen atoms in total. The van der Waals surface area contributed by atoms with Gasteiger partial charge < -0.3 is 9.16 Å². The second kappa shape index (κ2) is 10.8. The number of aryl methyl sites for hydroxylation is 1. The van der Waals surface area contributed by atoms with Crippen LogP contribution in [0.25, 0.3) is 22.8 Å². The Morgan fingerprint density at radius 3 is 2.40 bits per heavy atom. The predicted octanol–water partition coefficient (Wildman–Crippen LogP) is 8.08. The van der Waals surface area contributed by atoms with E-state index in [2.05, 4.69) is 43.9 Å². The fraction of sp³-hybridized carbons (Fsp3) is 0.480. The van der Waals surface area contributed by atoms with Gasteiger partial charge in [-0.2, -0.15) is 5.10 Å². The van der Waals surface area contributed by atoms with Crippen LogP contribution in [0.15, 0.2) is 24.4 Å². The molecule has 0 spiro atoms. The summed E-state index contributed by atoms with van der Waals surface area (Å²) in [6.45, 7) is 18.1. The third-order valence-corrected chi connectivity index (χ3v) is 11.9. The molecule has 0 saturated heterocycles. The van der Waals surface area contributed by atoms with Gasteiger partial charge in [0.1, 0.15) is 23.2 Å². The zero-order chi connectivity index (χ0) is 26.1. The highest BCUT2D eigenvalue weighted by Crippen LogP contribution is 2.38. The predicted molar refractivity (Wildman–Crippen MR) is 147 cm³/mol. The zero-order valence-electron chi connectivity index (χ0n) is 21.5. The highest BCUT2D eigenvalue weighted by Gasteiger charge is 2.38. The molecule has 0 bridgehead atoms. The summed E-state index contributed by atoms with van der Waals surface area (Å²) in [5.74, 6) is 1.03. The molecule has 0 unspecified atom stereocenters. The van der Waals surface area contributed by atoms with Crippen LogP contribution in [0.3, 0.4) is 0 Å². The van der Waals surface area contributed by atoms with Crippen molar-refractivity contribution in [1.29, 1.82) is 0 Å². The van der Waals surface area contributed by atoms with Gasteiger partial charge in [-0.05, 0) is 57.1 Å². The number of nitrogens with zero attached hydrogens (tertiary/aromatic N) is 4. The highest BCUT2D eigenvalue weighted by atomic mass is 35.5. The minimum Gasteiger partial charge on any atom is -0.491 e. The van der Waals surface area contributed by atoms with Crippen molar-refractivity contribution in [2.45, 2.75) is 72.3 Å². The molecule has 1 atom stereocenters. The maximum atomic E-state index is 6.55. The average molecular weight is 556 g/mol. The van der Waals surface area contributed by atoms with E-state index in [4.69, 9.17) is 48.9 Å². The fourth-order valence-corrected chi connectivity index (χ4v) is 5.40. The number of halogens is 3. The normalized spacial score (nSPS) is 13.2. The molecule has 0 aliphatic rings. The first kappa shape index (κ1) is 27.9. The molecule has 190 valence electrons. The lowest BCUT2D eigenvalue weighted by atomic mass is 10.1. The molecular formula is C25H33Cl3N4O2Si. The van der Waals surface area contributed by atoms with Crippen molar-refractivity contribution in [3.05, 3.63) is 45.2 Å². The van der Waals surface area contributed by atoms with Crippen LogP contribution in [-0.4, -0.2) is 40.8 Å². The number of hydrogen-bond donors (Lipinski definition) is 0. The number of rotatable bonds is 8. The van der Waals surface area contributed by atoms with Crippen LogP contribution in [0.5, 0.6) is 5.75 Å². The number of ether oxygens (including phenoxy) is 1. The van der Waals surface area contributed by atoms with Gasteiger partial charge in [-0.15, -0.1) is 0 Å². The van der Waals surface area contributed by atoms with Gasteiger partial charge in [-0.25, -0.2) is 9.97 Å². The summed E-state index contributed by atoms with van der Waals surface area (Å²) in [5.41, 5.74) is 2.64. The molecule has 3 aromatic rings. The minimum atomic E-state index is -1.89. The monoisotopic (exact) mass is 554 g/mol. The first-order chi connectivity index (χ1) is 16.2. The largest absolute Gasteiger partial charge is 0.491 e. The SMILES string of the molecule is CCn1ncc(Cl)c1-c1nc(-c2cc(OC[C@@H](C)O[Si](C)(C)C(C)(C)C)ccc2Cl)nc(Cl)c1C. The molecule has 10 heteroatoms. The molecule has 1 aromatic carbocycles. The van der Waals surface area contributed by atoms with Gasteiger partial charge in [-0.3, -0.25) is 4.68 Å². The van der Waals surface area contributed by atoms with Gasteiger partial charge in [0.15, 0.2) is 14.1 Å². The van der Waals surface area contributed by atoms with E-state index < -0.39 is 8.32 Å². The van der Waals surface area contributed by atoms with Crippen molar-refractivity contribution in [1.82, 2.24) is 19.7 Å². The Morgan fingerprint density at radius 2 is 1.77 bits per heavy atom. The van der Waals surface area contributed by atoms with Crippen molar-refractivity contribution in [3.8, 4) is 28.5 Å². The second-order valence-electron chi connectivity index (χ2n) is 10.1. The van der Waals surface area contributed by atoms with E-state index in [1.165, 1.54) is 0 Å². The quantitative estimate of drug-likeness (QED) is 0.208. The van der Waals surface area contributed by atoms with Crippen LogP contribution in [0.2, 0.25) is 33.3 Å². The molecule has 0 saturated carbocycles. The number of hydrogen-bond acceptors (Lipinski definition) is 5. The van der Waals surface area contributed by atoms with Gasteiger partial charge in [0.05, 0.1) is 28.0 Å². The van der Waals surface area contributed by atoms with Crippen molar-refractivity contribution in [2.75, 3.05) is 6.61 Å². The van der Waals surface area contributed by atoms with Gasteiger partial charge in [-0.1, -0.05) is 55.6 Å². The van der Waals surface area contributed by atoms with Crippen LogP contribution in [0.4, 0.5) is 0 Å². The molecule has 35 heavy (non-hydrogen) atoms. The van der Waals surface area contributed by atoms with Gasteiger partial charge in [0.25, 0.3) is 0 Å². The molecule has 0 amide bonds. The fourth-order valence-electron chi connectivity index (χ4n) is 3.37. The zero-order valence-corrected chi connectivity index (χ0v) is 24.8. The molecule has 0 N–H and O–H groups in total. The van der Waals surface area contributed by atoms with E-state index >= 15 is 0 Å². The lowest BCUT2D eigenvalue weighted by molar-refractivity contribution is 0.129. The maximum Gasteiger partial charge on any atom is 0.192 e. The lowest BCUT2D eigenvalue weighted by Gasteiger charge is -2.38. The Labute approximate surface area is 224 Å². The van der Waals surface area contributed by atoms with Crippen molar-refractivity contribution >= 4 is 43.1 Å². The van der Waals surface area contributed by atoms with Crippen LogP contribution < -0.4 is 4.74 Å². The highest BCUT2D eigenvalue weighted by molar-refractivity contribution is 6.74. The molecule has 0 aliphatic heterocycles. The Kier molecular flexibility index (Phi) is 8.59. The summed E-state index contributed by atoms with van der Waals surface area (Å²) >= 11 is 19.5. The molecule has 3 rings (SSSR count). The van der Waals surface area contributed by atoms with E-state index in [1.807, 2.05) is 32.9 Å². The first-order valence-corrected chi connectivity index (χ1v) is 15.7. The summed E-state index contributed by atoms with van der Waals surface area (Å²) in [4.78, 5) is 9.28. The lowest BCUT2D eigenvalue weighted by Crippen LogP contribution is -2.44. The topological polar surface area (TPSA) is 62.1 Å². The van der Waals surface area contributed by atoms with Crippen LogP contribution in [-0.2, 0) is 11.0 Å². The van der Waals surface area contributed by atoms with Crippen LogP contribution in [0.1, 0.15) is 40.2 Å². The first-order valence-electron chi connectivity index (χ1n) is 11.6. The average Bonchev–Trinajstić information content (AvgIpc) is 3.14. The molecular weight excluding hydrogens is 523 g/mol. The Morgan fingerprint density at radius 1 is 1.09 bits per heavy atom. The minimum absolute atomic E-state index is 0.0526. The summed E-state index contributed by atoms with van der Waals surface area (Å²) in [5, 5.41) is 5.76. The molecule has 0 radical (unpaired) electrons. The third-order valence-electron chi connectivity index (χ3n) is 6.37. The van der Waals surface area contributed by atoms with Crippen LogP contribution >= 0.6 is 34.8 Å². The molecule has 2 heterocycles. The Balaban J connectivity index is 1.90. The van der Waals surface area contributed by atoms with E-state index in [-0.39, 0.29) is 11.1 Å². The summed E-state index contributed by atoms with van der Waals surface area (Å²) in [6, 6.07) is 5.42. The van der Waals surface area contributed by atoms with E-state index in [0.717, 1.165) is 0 Å². The smallest absolute Gasteiger partial charge is 0.192 e. The van der Waals surface area contributed by atoms with Crippen molar-refractivity contribution in [3.63, 3.8) is 0 Å². The van der Waals surface area contributed by atoms with Crippen molar-refractivity contribution in [2.24, 2.45) is 0 Å². The number of benzene rings is 1. The van der Waals surface area contributed by atoms with Gasteiger partial charge in [0, 0.05) is 17.7 Å². The Bertz CT molecular complexity index is 1210. The van der Waals surface area contributed by atoms with Crippen LogP contribution in [0, 0.1) is 6.92 Å². The second-order valence-corrected chi connectivity index (χ2v) is 16.0. The van der Waals surface area contributed by atoms with E-state index in [1.54, 1.807) is 16.9 Å². The van der Waals surface area contributed by atoms with E-state index in [9.17, 15) is 0 Å². The van der Waals surface area contributed by atoms with Gasteiger partial charge >= 0.3 is 0 Å². The van der Waals surface area contributed by atoms with Gasteiger partial charge in [0.2, 0.25) is 0 Å². The number of aromatic nitrogens is 4. The van der Waals surface area contributed by atoms with Crippen molar-refractivity contribution < 1.29 is 9.16 Å². The Hall–Kier alpha value is -1.64. The summed E-state index contributed by atoms with van der Waals surface area (Å²) in [6.07, 6.45) is 1.55.